The molecule has 0 heterocycles. The van der Waals surface area contributed by atoms with Gasteiger partial charge in [-0.05, 0) is 25.9 Å². The van der Waals surface area contributed by atoms with Gasteiger partial charge in [-0.25, -0.2) is 0 Å². The summed E-state index contributed by atoms with van der Waals surface area (Å²) in [6, 6.07) is 0. The molecule has 13 heavy (non-hydrogen) atoms. The zero-order valence-electron chi connectivity index (χ0n) is 9.13. The molecule has 0 aromatic carbocycles. The van der Waals surface area contributed by atoms with E-state index in [0.717, 1.165) is 12.8 Å². The van der Waals surface area contributed by atoms with Crippen molar-refractivity contribution in [2.45, 2.75) is 39.8 Å². The maximum atomic E-state index is 5.83. The van der Waals surface area contributed by atoms with Crippen LogP contribution in [0.5, 0.6) is 0 Å². The minimum Gasteiger partial charge on any atom is -0.450 e. The van der Waals surface area contributed by atoms with Crippen LogP contribution in [0.1, 0.15) is 26.7 Å². The van der Waals surface area contributed by atoms with Crippen molar-refractivity contribution in [1.82, 2.24) is 0 Å². The van der Waals surface area contributed by atoms with E-state index in [1.54, 1.807) is 0 Å². The molecule has 74 valence electrons. The fourth-order valence-corrected chi connectivity index (χ4v) is 3.68. The van der Waals surface area contributed by atoms with E-state index in [4.69, 9.17) is 4.12 Å². The van der Waals surface area contributed by atoms with Gasteiger partial charge in [0.2, 0.25) is 9.76 Å². The fraction of sp³-hybridized carbons (Fsp3) is 0.600. The molecule has 2 radical (unpaired) electrons. The Labute approximate surface area is 86.0 Å². The normalized spacial score (nSPS) is 13.2. The van der Waals surface area contributed by atoms with Gasteiger partial charge in [0.25, 0.3) is 0 Å². The fourth-order valence-electron chi connectivity index (χ4n) is 0.788. The van der Waals surface area contributed by atoms with Crippen LogP contribution in [0.15, 0.2) is 23.6 Å². The highest BCUT2D eigenvalue weighted by molar-refractivity contribution is 6.80. The van der Waals surface area contributed by atoms with E-state index < -0.39 is 8.32 Å². The summed E-state index contributed by atoms with van der Waals surface area (Å²) >= 11 is 0. The Hall–Kier alpha value is -0.126. The molecule has 0 unspecified atom stereocenters. The summed E-state index contributed by atoms with van der Waals surface area (Å²) in [6.45, 7) is 8.75. The predicted molar refractivity (Wildman–Crippen MR) is 63.2 cm³/mol. The lowest BCUT2D eigenvalue weighted by molar-refractivity contribution is 0.613. The van der Waals surface area contributed by atoms with Crippen molar-refractivity contribution >= 4 is 18.1 Å². The van der Waals surface area contributed by atoms with E-state index in [1.165, 1.54) is 0 Å². The molecule has 0 rings (SSSR count). The molecule has 0 aliphatic heterocycles. The summed E-state index contributed by atoms with van der Waals surface area (Å²) in [4.78, 5) is 0. The van der Waals surface area contributed by atoms with Crippen LogP contribution in [0.3, 0.4) is 0 Å². The molecule has 0 aromatic rings. The van der Waals surface area contributed by atoms with Gasteiger partial charge in [-0.1, -0.05) is 37.4 Å². The van der Waals surface area contributed by atoms with Gasteiger partial charge in [0.05, 0.1) is 0 Å². The molecule has 1 nitrogen and oxygen atoms in total. The highest BCUT2D eigenvalue weighted by Crippen LogP contribution is 2.05. The van der Waals surface area contributed by atoms with E-state index in [9.17, 15) is 0 Å². The summed E-state index contributed by atoms with van der Waals surface area (Å²) in [7, 11) is -0.962. The average molecular weight is 212 g/mol. The molecule has 0 aromatic heterocycles. The molecule has 0 atom stereocenters. The monoisotopic (exact) mass is 212 g/mol. The Kier molecular flexibility index (Phi) is 7.22. The molecule has 0 saturated heterocycles. The van der Waals surface area contributed by atoms with Crippen molar-refractivity contribution in [2.75, 3.05) is 0 Å². The molecule has 0 bridgehead atoms. The van der Waals surface area contributed by atoms with Crippen molar-refractivity contribution in [2.24, 2.45) is 0 Å². The van der Waals surface area contributed by atoms with Crippen LogP contribution in [0.4, 0.5) is 0 Å². The molecular weight excluding hydrogens is 192 g/mol. The summed E-state index contributed by atoms with van der Waals surface area (Å²) in [5.41, 5.74) is 4.40. The zero-order chi connectivity index (χ0) is 10.2. The quantitative estimate of drug-likeness (QED) is 0.614. The van der Waals surface area contributed by atoms with Crippen LogP contribution in [0.25, 0.3) is 0 Å². The maximum Gasteiger partial charge on any atom is 0.248 e. The Morgan fingerprint density at radius 3 is 2.31 bits per heavy atom. The standard InChI is InChI=1S/C10H20OSi2/c1-5-7-9-12-11-13(3,4)10-8-6-2/h7-10H,5-6H2,1-4H3/b9-7+,10-8+. The second-order valence-corrected chi connectivity index (χ2v) is 8.37. The molecule has 0 aliphatic carbocycles. The number of hydrogen-bond acceptors (Lipinski definition) is 1. The minimum atomic E-state index is -1.49. The third-order valence-corrected chi connectivity index (χ3v) is 5.48. The summed E-state index contributed by atoms with van der Waals surface area (Å²) in [5.74, 6) is 0. The Bertz CT molecular complexity index is 174. The number of rotatable bonds is 6. The molecule has 0 saturated carbocycles. The summed E-state index contributed by atoms with van der Waals surface area (Å²) in [5, 5.41) is 0. The van der Waals surface area contributed by atoms with E-state index in [0.29, 0.717) is 9.76 Å². The van der Waals surface area contributed by atoms with Crippen LogP contribution in [-0.4, -0.2) is 18.1 Å². The largest absolute Gasteiger partial charge is 0.450 e. The SMILES string of the molecule is CC/C=C/[Si]O[Si](C)(C)/C=C/CC. The minimum absolute atomic E-state index is 0.532. The first-order chi connectivity index (χ1) is 6.12. The highest BCUT2D eigenvalue weighted by atomic mass is 28.4. The molecule has 0 aliphatic rings. The lowest BCUT2D eigenvalue weighted by Crippen LogP contribution is -2.29. The van der Waals surface area contributed by atoms with Gasteiger partial charge in [-0.2, -0.15) is 0 Å². The zero-order valence-corrected chi connectivity index (χ0v) is 11.1. The van der Waals surface area contributed by atoms with E-state index in [2.05, 4.69) is 50.5 Å². The average Bonchev–Trinajstić information content (AvgIpc) is 2.09. The first kappa shape index (κ1) is 12.9. The van der Waals surface area contributed by atoms with E-state index in [-0.39, 0.29) is 0 Å². The molecule has 0 spiro atoms. The smallest absolute Gasteiger partial charge is 0.248 e. The Morgan fingerprint density at radius 1 is 1.15 bits per heavy atom. The summed E-state index contributed by atoms with van der Waals surface area (Å²) < 4.78 is 5.83. The maximum absolute atomic E-state index is 5.83. The number of hydrogen-bond donors (Lipinski definition) is 0. The van der Waals surface area contributed by atoms with Gasteiger partial charge < -0.3 is 4.12 Å². The van der Waals surface area contributed by atoms with Crippen LogP contribution < -0.4 is 0 Å². The van der Waals surface area contributed by atoms with Gasteiger partial charge in [0.1, 0.15) is 0 Å². The highest BCUT2D eigenvalue weighted by Gasteiger charge is 2.16. The molecule has 0 N–H and O–H groups in total. The van der Waals surface area contributed by atoms with Gasteiger partial charge in [-0.3, -0.25) is 0 Å². The van der Waals surface area contributed by atoms with Gasteiger partial charge in [-0.15, -0.1) is 0 Å². The molecule has 3 heteroatoms. The lowest BCUT2D eigenvalue weighted by atomic mass is 10.5. The Morgan fingerprint density at radius 2 is 1.77 bits per heavy atom. The van der Waals surface area contributed by atoms with Gasteiger partial charge in [0, 0.05) is 0 Å². The van der Waals surface area contributed by atoms with Crippen molar-refractivity contribution in [1.29, 1.82) is 0 Å². The van der Waals surface area contributed by atoms with Crippen LogP contribution in [0.2, 0.25) is 13.1 Å². The number of allylic oxidation sites excluding steroid dienone is 2. The van der Waals surface area contributed by atoms with Crippen molar-refractivity contribution in [3.63, 3.8) is 0 Å². The predicted octanol–water partition coefficient (Wildman–Crippen LogP) is 3.26. The lowest BCUT2D eigenvalue weighted by Gasteiger charge is -2.17. The van der Waals surface area contributed by atoms with Crippen LogP contribution in [-0.2, 0) is 4.12 Å². The topological polar surface area (TPSA) is 9.23 Å². The summed E-state index contributed by atoms with van der Waals surface area (Å²) in [6.07, 6.45) is 6.57. The van der Waals surface area contributed by atoms with Crippen LogP contribution in [0, 0.1) is 0 Å². The molecule has 0 fully saturated rings. The van der Waals surface area contributed by atoms with Gasteiger partial charge >= 0.3 is 0 Å². The van der Waals surface area contributed by atoms with Crippen LogP contribution >= 0.6 is 0 Å². The first-order valence-corrected chi connectivity index (χ1v) is 8.85. The second kappa shape index (κ2) is 7.29. The Balaban J connectivity index is 3.75. The van der Waals surface area contributed by atoms with Crippen molar-refractivity contribution in [3.8, 4) is 0 Å². The molecular formula is C10H20OSi2. The van der Waals surface area contributed by atoms with Gasteiger partial charge in [0.15, 0.2) is 8.32 Å². The second-order valence-electron chi connectivity index (χ2n) is 3.44. The third kappa shape index (κ3) is 8.21. The van der Waals surface area contributed by atoms with E-state index >= 15 is 0 Å². The van der Waals surface area contributed by atoms with Crippen molar-refractivity contribution < 1.29 is 4.12 Å². The van der Waals surface area contributed by atoms with E-state index in [1.807, 2.05) is 0 Å². The van der Waals surface area contributed by atoms with Crippen molar-refractivity contribution in [3.05, 3.63) is 23.6 Å². The third-order valence-electron chi connectivity index (χ3n) is 1.50. The first-order valence-electron chi connectivity index (χ1n) is 4.88. The molecule has 0 amide bonds.